The Bertz CT molecular complexity index is 580. The molecule has 1 heterocycles. The Morgan fingerprint density at radius 2 is 2.11 bits per heavy atom. The average Bonchev–Trinajstić information content (AvgIpc) is 2.85. The van der Waals surface area contributed by atoms with Crippen molar-refractivity contribution in [2.24, 2.45) is 0 Å². The number of furan rings is 1. The third-order valence-electron chi connectivity index (χ3n) is 2.75. The molecule has 1 unspecified atom stereocenters. The third kappa shape index (κ3) is 3.36. The number of nitrogens with one attached hydrogen (secondary N) is 1. The largest absolute Gasteiger partial charge is 0.480 e. The highest BCUT2D eigenvalue weighted by Gasteiger charge is 2.12. The molecule has 0 aliphatic heterocycles. The van der Waals surface area contributed by atoms with Crippen LogP contribution >= 0.6 is 11.6 Å². The molecule has 5 heteroatoms. The Balaban J connectivity index is 2.08. The zero-order valence-corrected chi connectivity index (χ0v) is 11.1. The maximum absolute atomic E-state index is 10.7. The van der Waals surface area contributed by atoms with Gasteiger partial charge in [-0.3, -0.25) is 10.1 Å². The monoisotopic (exact) mass is 279 g/mol. The van der Waals surface area contributed by atoms with Crippen LogP contribution in [-0.4, -0.2) is 17.1 Å². The summed E-state index contributed by atoms with van der Waals surface area (Å²) in [6.07, 6.45) is 0. The molecule has 2 N–H and O–H groups in total. The van der Waals surface area contributed by atoms with Crippen molar-refractivity contribution < 1.29 is 14.3 Å². The summed E-state index contributed by atoms with van der Waals surface area (Å²) in [5.41, 5.74) is 0.821. The number of carboxylic acids is 1. The van der Waals surface area contributed by atoms with Crippen LogP contribution in [0.4, 0.5) is 0 Å². The predicted molar refractivity (Wildman–Crippen MR) is 73.1 cm³/mol. The minimum Gasteiger partial charge on any atom is -0.480 e. The maximum Gasteiger partial charge on any atom is 0.320 e. The smallest absolute Gasteiger partial charge is 0.320 e. The molecule has 2 aromatic rings. The highest BCUT2D eigenvalue weighted by atomic mass is 35.5. The van der Waals surface area contributed by atoms with Gasteiger partial charge in [0.2, 0.25) is 0 Å². The molecule has 0 bridgehead atoms. The van der Waals surface area contributed by atoms with E-state index < -0.39 is 12.0 Å². The van der Waals surface area contributed by atoms with Crippen molar-refractivity contribution in [1.29, 1.82) is 0 Å². The Morgan fingerprint density at radius 3 is 2.79 bits per heavy atom. The molecule has 1 aromatic heterocycles. The van der Waals surface area contributed by atoms with Crippen LogP contribution in [0.1, 0.15) is 12.7 Å². The summed E-state index contributed by atoms with van der Waals surface area (Å²) in [5, 5.41) is 12.2. The molecule has 0 aliphatic rings. The van der Waals surface area contributed by atoms with Crippen LogP contribution in [-0.2, 0) is 11.3 Å². The first-order valence-corrected chi connectivity index (χ1v) is 6.25. The number of halogens is 1. The summed E-state index contributed by atoms with van der Waals surface area (Å²) in [6.45, 7) is 1.94. The molecule has 0 fully saturated rings. The van der Waals surface area contributed by atoms with Gasteiger partial charge in [-0.1, -0.05) is 23.7 Å². The van der Waals surface area contributed by atoms with Crippen LogP contribution in [0, 0.1) is 0 Å². The van der Waals surface area contributed by atoms with Gasteiger partial charge >= 0.3 is 5.97 Å². The predicted octanol–water partition coefficient (Wildman–Crippen LogP) is 3.16. The van der Waals surface area contributed by atoms with E-state index >= 15 is 0 Å². The van der Waals surface area contributed by atoms with Crippen molar-refractivity contribution in [1.82, 2.24) is 5.32 Å². The molecule has 0 saturated heterocycles. The third-order valence-corrected chi connectivity index (χ3v) is 3.08. The minimum absolute atomic E-state index is 0.359. The van der Waals surface area contributed by atoms with E-state index in [2.05, 4.69) is 5.32 Å². The van der Waals surface area contributed by atoms with E-state index in [0.29, 0.717) is 23.1 Å². The van der Waals surface area contributed by atoms with Gasteiger partial charge in [0, 0.05) is 5.56 Å². The van der Waals surface area contributed by atoms with Crippen LogP contribution in [0.3, 0.4) is 0 Å². The lowest BCUT2D eigenvalue weighted by Crippen LogP contribution is -2.32. The summed E-state index contributed by atoms with van der Waals surface area (Å²) in [5.74, 6) is 0.450. The lowest BCUT2D eigenvalue weighted by Gasteiger charge is -2.06. The van der Waals surface area contributed by atoms with Crippen LogP contribution < -0.4 is 5.32 Å². The molecule has 1 atom stereocenters. The summed E-state index contributed by atoms with van der Waals surface area (Å²) >= 11 is 6.08. The second-order valence-electron chi connectivity index (χ2n) is 4.19. The first-order chi connectivity index (χ1) is 9.08. The number of hydrogen-bond donors (Lipinski definition) is 2. The first-order valence-electron chi connectivity index (χ1n) is 5.87. The second-order valence-corrected chi connectivity index (χ2v) is 4.59. The van der Waals surface area contributed by atoms with Crippen LogP contribution in [0.15, 0.2) is 40.8 Å². The molecular weight excluding hydrogens is 266 g/mol. The fraction of sp³-hybridized carbons (Fsp3) is 0.214. The van der Waals surface area contributed by atoms with E-state index in [1.165, 1.54) is 0 Å². The number of benzene rings is 1. The van der Waals surface area contributed by atoms with Gasteiger partial charge in [-0.15, -0.1) is 0 Å². The van der Waals surface area contributed by atoms with Crippen molar-refractivity contribution in [3.63, 3.8) is 0 Å². The van der Waals surface area contributed by atoms with Crippen LogP contribution in [0.5, 0.6) is 0 Å². The molecule has 0 spiro atoms. The van der Waals surface area contributed by atoms with Gasteiger partial charge < -0.3 is 9.52 Å². The van der Waals surface area contributed by atoms with Gasteiger partial charge in [-0.25, -0.2) is 0 Å². The van der Waals surface area contributed by atoms with E-state index in [-0.39, 0.29) is 0 Å². The molecule has 0 amide bonds. The molecule has 100 valence electrons. The van der Waals surface area contributed by atoms with Crippen molar-refractivity contribution in [3.8, 4) is 11.3 Å². The first kappa shape index (κ1) is 13.6. The fourth-order valence-electron chi connectivity index (χ4n) is 1.62. The van der Waals surface area contributed by atoms with Gasteiger partial charge in [-0.05, 0) is 31.2 Å². The van der Waals surface area contributed by atoms with Gasteiger partial charge in [0.1, 0.15) is 17.6 Å². The zero-order valence-electron chi connectivity index (χ0n) is 10.4. The van der Waals surface area contributed by atoms with Crippen molar-refractivity contribution in [3.05, 3.63) is 47.2 Å². The zero-order chi connectivity index (χ0) is 13.8. The van der Waals surface area contributed by atoms with Crippen molar-refractivity contribution in [2.45, 2.75) is 19.5 Å². The molecule has 2 rings (SSSR count). The molecule has 4 nitrogen and oxygen atoms in total. The van der Waals surface area contributed by atoms with Gasteiger partial charge in [0.15, 0.2) is 0 Å². The summed E-state index contributed by atoms with van der Waals surface area (Å²) in [4.78, 5) is 10.7. The van der Waals surface area contributed by atoms with E-state index in [1.54, 1.807) is 19.1 Å². The summed E-state index contributed by atoms with van der Waals surface area (Å²) in [6, 6.07) is 10.4. The topological polar surface area (TPSA) is 62.5 Å². The minimum atomic E-state index is -0.891. The molecule has 0 aliphatic carbocycles. The van der Waals surface area contributed by atoms with Crippen molar-refractivity contribution >= 4 is 17.6 Å². The lowest BCUT2D eigenvalue weighted by molar-refractivity contribution is -0.139. The number of aliphatic carboxylic acids is 1. The lowest BCUT2D eigenvalue weighted by atomic mass is 10.2. The number of rotatable bonds is 5. The van der Waals surface area contributed by atoms with E-state index in [9.17, 15) is 4.79 Å². The van der Waals surface area contributed by atoms with Crippen molar-refractivity contribution in [2.75, 3.05) is 0 Å². The quantitative estimate of drug-likeness (QED) is 0.882. The SMILES string of the molecule is CC(NCc1ccc(-c2ccccc2Cl)o1)C(=O)O. The van der Waals surface area contributed by atoms with E-state index in [4.69, 9.17) is 21.1 Å². The molecule has 0 radical (unpaired) electrons. The standard InChI is InChI=1S/C14H14ClNO3/c1-9(14(17)18)16-8-10-6-7-13(19-10)11-4-2-3-5-12(11)15/h2-7,9,16H,8H2,1H3,(H,17,18). The Hall–Kier alpha value is -1.78. The van der Waals surface area contributed by atoms with Gasteiger partial charge in [0.05, 0.1) is 11.6 Å². The summed E-state index contributed by atoms with van der Waals surface area (Å²) in [7, 11) is 0. The normalized spacial score (nSPS) is 12.3. The van der Waals surface area contributed by atoms with Gasteiger partial charge in [0.25, 0.3) is 0 Å². The fourth-order valence-corrected chi connectivity index (χ4v) is 1.85. The van der Waals surface area contributed by atoms with Crippen LogP contribution in [0.25, 0.3) is 11.3 Å². The Kier molecular flexibility index (Phi) is 4.24. The van der Waals surface area contributed by atoms with E-state index in [0.717, 1.165) is 5.56 Å². The number of carboxylic acid groups (broad SMARTS) is 1. The molecule has 1 aromatic carbocycles. The average molecular weight is 280 g/mol. The summed E-state index contributed by atoms with van der Waals surface area (Å²) < 4.78 is 5.64. The maximum atomic E-state index is 10.7. The molecule has 0 saturated carbocycles. The van der Waals surface area contributed by atoms with Gasteiger partial charge in [-0.2, -0.15) is 0 Å². The Labute approximate surface area is 116 Å². The molecular formula is C14H14ClNO3. The van der Waals surface area contributed by atoms with Crippen LogP contribution in [0.2, 0.25) is 5.02 Å². The Morgan fingerprint density at radius 1 is 1.37 bits per heavy atom. The highest BCUT2D eigenvalue weighted by molar-refractivity contribution is 6.33. The van der Waals surface area contributed by atoms with E-state index in [1.807, 2.05) is 24.3 Å². The number of carbonyl (C=O) groups is 1. The highest BCUT2D eigenvalue weighted by Crippen LogP contribution is 2.28. The molecule has 19 heavy (non-hydrogen) atoms. The second kappa shape index (κ2) is 5.91. The number of hydrogen-bond acceptors (Lipinski definition) is 3.